The quantitative estimate of drug-likeness (QED) is 0.758. The van der Waals surface area contributed by atoms with E-state index in [-0.39, 0.29) is 6.61 Å². The molecule has 3 nitrogen and oxygen atoms in total. The molecular formula is C15H13ClO3. The minimum absolute atomic E-state index is 0.00642. The van der Waals surface area contributed by atoms with Crippen molar-refractivity contribution in [1.82, 2.24) is 0 Å². The van der Waals surface area contributed by atoms with Crippen LogP contribution in [0.15, 0.2) is 48.5 Å². The Morgan fingerprint density at radius 1 is 0.947 bits per heavy atom. The average molecular weight is 277 g/mol. The number of hydrogen-bond acceptors (Lipinski definition) is 3. The van der Waals surface area contributed by atoms with Gasteiger partial charge in [0.2, 0.25) is 0 Å². The van der Waals surface area contributed by atoms with E-state index in [1.54, 1.807) is 12.1 Å². The molecule has 0 atom stereocenters. The molecule has 0 saturated heterocycles. The topological polar surface area (TPSA) is 35.5 Å². The van der Waals surface area contributed by atoms with E-state index in [9.17, 15) is 4.79 Å². The Kier molecular flexibility index (Phi) is 4.81. The molecule has 0 aromatic heterocycles. The summed E-state index contributed by atoms with van der Waals surface area (Å²) in [6.45, 7) is 0.355. The average Bonchev–Trinajstić information content (AvgIpc) is 2.45. The van der Waals surface area contributed by atoms with Crippen molar-refractivity contribution in [3.8, 4) is 11.5 Å². The molecule has 98 valence electrons. The second kappa shape index (κ2) is 6.81. The number of rotatable bonds is 6. The molecule has 0 aliphatic carbocycles. The monoisotopic (exact) mass is 276 g/mol. The summed E-state index contributed by atoms with van der Waals surface area (Å²) in [6.07, 6.45) is 0.699. The summed E-state index contributed by atoms with van der Waals surface area (Å²) >= 11 is 6.06. The van der Waals surface area contributed by atoms with Crippen molar-refractivity contribution in [2.75, 3.05) is 6.61 Å². The first-order chi connectivity index (χ1) is 9.31. The predicted molar refractivity (Wildman–Crippen MR) is 73.8 cm³/mol. The number of hydrogen-bond donors (Lipinski definition) is 0. The van der Waals surface area contributed by atoms with Crippen LogP contribution in [0, 0.1) is 0 Å². The highest BCUT2D eigenvalue weighted by molar-refractivity contribution is 6.31. The second-order valence-electron chi connectivity index (χ2n) is 3.80. The molecule has 0 aliphatic rings. The van der Waals surface area contributed by atoms with Gasteiger partial charge < -0.3 is 9.47 Å². The van der Waals surface area contributed by atoms with Gasteiger partial charge in [-0.2, -0.15) is 0 Å². The lowest BCUT2D eigenvalue weighted by Gasteiger charge is -2.11. The highest BCUT2D eigenvalue weighted by atomic mass is 35.5. The van der Waals surface area contributed by atoms with Crippen LogP contribution in [0.25, 0.3) is 0 Å². The Balaban J connectivity index is 2.07. The maximum absolute atomic E-state index is 10.3. The number of carbonyl (C=O) groups excluding carboxylic acids is 1. The van der Waals surface area contributed by atoms with Gasteiger partial charge in [0, 0.05) is 10.6 Å². The summed E-state index contributed by atoms with van der Waals surface area (Å²) in [4.78, 5) is 10.3. The molecule has 0 bridgehead atoms. The van der Waals surface area contributed by atoms with Crippen LogP contribution in [0.4, 0.5) is 0 Å². The van der Waals surface area contributed by atoms with Crippen molar-refractivity contribution in [2.24, 2.45) is 0 Å². The van der Waals surface area contributed by atoms with Gasteiger partial charge in [-0.25, -0.2) is 0 Å². The number of ether oxygens (including phenoxy) is 2. The van der Waals surface area contributed by atoms with E-state index in [1.807, 2.05) is 36.4 Å². The van der Waals surface area contributed by atoms with Crippen LogP contribution in [0.2, 0.25) is 5.02 Å². The van der Waals surface area contributed by atoms with Crippen molar-refractivity contribution in [1.29, 1.82) is 0 Å². The summed E-state index contributed by atoms with van der Waals surface area (Å²) in [5.41, 5.74) is 0.898. The van der Waals surface area contributed by atoms with E-state index in [0.29, 0.717) is 29.4 Å². The summed E-state index contributed by atoms with van der Waals surface area (Å²) in [5, 5.41) is 0.661. The molecule has 19 heavy (non-hydrogen) atoms. The van der Waals surface area contributed by atoms with Crippen LogP contribution in [0.1, 0.15) is 5.56 Å². The smallest absolute Gasteiger partial charge is 0.161 e. The molecule has 2 aromatic rings. The van der Waals surface area contributed by atoms with Crippen molar-refractivity contribution < 1.29 is 14.3 Å². The zero-order valence-electron chi connectivity index (χ0n) is 10.2. The molecule has 0 fully saturated rings. The zero-order valence-corrected chi connectivity index (χ0v) is 11.0. The molecule has 0 amide bonds. The number of benzene rings is 2. The fourth-order valence-electron chi connectivity index (χ4n) is 1.58. The van der Waals surface area contributed by atoms with Gasteiger partial charge >= 0.3 is 0 Å². The lowest BCUT2D eigenvalue weighted by Crippen LogP contribution is -2.02. The zero-order chi connectivity index (χ0) is 13.5. The van der Waals surface area contributed by atoms with Gasteiger partial charge in [0.1, 0.15) is 13.2 Å². The van der Waals surface area contributed by atoms with Gasteiger partial charge in [-0.05, 0) is 18.2 Å². The van der Waals surface area contributed by atoms with E-state index in [4.69, 9.17) is 21.1 Å². The molecule has 0 heterocycles. The van der Waals surface area contributed by atoms with E-state index < -0.39 is 0 Å². The third-order valence-corrected chi connectivity index (χ3v) is 2.87. The molecule has 0 aliphatic heterocycles. The first kappa shape index (κ1) is 13.4. The molecule has 0 unspecified atom stereocenters. The van der Waals surface area contributed by atoms with E-state index in [2.05, 4.69) is 0 Å². The van der Waals surface area contributed by atoms with Gasteiger partial charge in [0.05, 0.1) is 0 Å². The fourth-order valence-corrected chi connectivity index (χ4v) is 1.77. The number of halogens is 1. The van der Waals surface area contributed by atoms with Crippen LogP contribution >= 0.6 is 11.6 Å². The first-order valence-electron chi connectivity index (χ1n) is 5.83. The molecule has 0 N–H and O–H groups in total. The lowest BCUT2D eigenvalue weighted by atomic mass is 10.2. The van der Waals surface area contributed by atoms with Gasteiger partial charge in [-0.3, -0.25) is 4.79 Å². The van der Waals surface area contributed by atoms with Crippen molar-refractivity contribution in [3.63, 3.8) is 0 Å². The van der Waals surface area contributed by atoms with E-state index in [0.717, 1.165) is 5.56 Å². The Morgan fingerprint density at radius 3 is 2.26 bits per heavy atom. The fraction of sp³-hybridized carbons (Fsp3) is 0.133. The largest absolute Gasteiger partial charge is 0.485 e. The Labute approximate surface area is 116 Å². The summed E-state index contributed by atoms with van der Waals surface area (Å²) in [5.74, 6) is 1.13. The first-order valence-corrected chi connectivity index (χ1v) is 6.20. The minimum atomic E-state index is 0.00642. The van der Waals surface area contributed by atoms with Crippen LogP contribution in [0.3, 0.4) is 0 Å². The number of aldehydes is 1. The van der Waals surface area contributed by atoms with Gasteiger partial charge in [0.25, 0.3) is 0 Å². The van der Waals surface area contributed by atoms with Crippen molar-refractivity contribution in [3.05, 3.63) is 59.1 Å². The van der Waals surface area contributed by atoms with Crippen molar-refractivity contribution in [2.45, 2.75) is 6.61 Å². The van der Waals surface area contributed by atoms with Gasteiger partial charge in [-0.1, -0.05) is 41.9 Å². The van der Waals surface area contributed by atoms with Gasteiger partial charge in [-0.15, -0.1) is 0 Å². The number of para-hydroxylation sites is 2. The van der Waals surface area contributed by atoms with E-state index >= 15 is 0 Å². The molecular weight excluding hydrogens is 264 g/mol. The standard InChI is InChI=1S/C15H13ClO3/c16-13-6-2-1-5-12(13)11-19-15-8-4-3-7-14(15)18-10-9-17/h1-9H,10-11H2. The highest BCUT2D eigenvalue weighted by Crippen LogP contribution is 2.27. The van der Waals surface area contributed by atoms with Crippen LogP contribution < -0.4 is 9.47 Å². The van der Waals surface area contributed by atoms with E-state index in [1.165, 1.54) is 0 Å². The highest BCUT2D eigenvalue weighted by Gasteiger charge is 2.05. The van der Waals surface area contributed by atoms with Crippen molar-refractivity contribution >= 4 is 17.9 Å². The minimum Gasteiger partial charge on any atom is -0.485 e. The Morgan fingerprint density at radius 2 is 1.58 bits per heavy atom. The number of carbonyl (C=O) groups is 1. The third-order valence-electron chi connectivity index (χ3n) is 2.50. The molecule has 0 spiro atoms. The summed E-state index contributed by atoms with van der Waals surface area (Å²) in [7, 11) is 0. The SMILES string of the molecule is O=CCOc1ccccc1OCc1ccccc1Cl. The third kappa shape index (κ3) is 3.73. The van der Waals surface area contributed by atoms with Crippen LogP contribution in [-0.2, 0) is 11.4 Å². The maximum atomic E-state index is 10.3. The Hall–Kier alpha value is -2.00. The molecule has 2 rings (SSSR count). The lowest BCUT2D eigenvalue weighted by molar-refractivity contribution is -0.109. The molecule has 4 heteroatoms. The molecule has 2 aromatic carbocycles. The summed E-state index contributed by atoms with van der Waals surface area (Å²) < 4.78 is 11.0. The van der Waals surface area contributed by atoms with Gasteiger partial charge in [0.15, 0.2) is 17.8 Å². The maximum Gasteiger partial charge on any atom is 0.161 e. The predicted octanol–water partition coefficient (Wildman–Crippen LogP) is 3.50. The Bertz CT molecular complexity index is 555. The van der Waals surface area contributed by atoms with Crippen LogP contribution in [-0.4, -0.2) is 12.9 Å². The van der Waals surface area contributed by atoms with Crippen LogP contribution in [0.5, 0.6) is 11.5 Å². The second-order valence-corrected chi connectivity index (χ2v) is 4.21. The molecule has 0 saturated carbocycles. The molecule has 0 radical (unpaired) electrons. The summed E-state index contributed by atoms with van der Waals surface area (Å²) in [6, 6.07) is 14.7. The normalized spacial score (nSPS) is 9.95.